The highest BCUT2D eigenvalue weighted by Gasteiger charge is 2.27. The van der Waals surface area contributed by atoms with Gasteiger partial charge in [0.15, 0.2) is 0 Å². The van der Waals surface area contributed by atoms with Gasteiger partial charge in [-0.15, -0.1) is 11.3 Å². The first-order chi connectivity index (χ1) is 9.45. The molecule has 1 aromatic carbocycles. The van der Waals surface area contributed by atoms with Crippen molar-refractivity contribution >= 4 is 38.9 Å². The molecular formula is C14H14BrClFNOS. The third-order valence-corrected chi connectivity index (χ3v) is 5.71. The molecule has 0 saturated heterocycles. The van der Waals surface area contributed by atoms with Crippen LogP contribution in [0.2, 0.25) is 5.02 Å². The summed E-state index contributed by atoms with van der Waals surface area (Å²) in [5.41, 5.74) is 7.03. The molecule has 0 aliphatic carbocycles. The highest BCUT2D eigenvalue weighted by molar-refractivity contribution is 9.11. The third kappa shape index (κ3) is 3.07. The molecule has 2 nitrogen and oxygen atoms in total. The van der Waals surface area contributed by atoms with Crippen LogP contribution in [0.3, 0.4) is 0 Å². The van der Waals surface area contributed by atoms with Crippen molar-refractivity contribution in [3.8, 4) is 0 Å². The van der Waals surface area contributed by atoms with Gasteiger partial charge in [0.2, 0.25) is 0 Å². The van der Waals surface area contributed by atoms with Gasteiger partial charge in [0.1, 0.15) is 5.82 Å². The van der Waals surface area contributed by atoms with Crippen LogP contribution in [0.4, 0.5) is 4.39 Å². The van der Waals surface area contributed by atoms with Crippen molar-refractivity contribution in [2.24, 2.45) is 5.73 Å². The molecule has 1 aromatic heterocycles. The Kier molecular flexibility index (Phi) is 5.20. The monoisotopic (exact) mass is 377 g/mol. The van der Waals surface area contributed by atoms with Crippen LogP contribution in [0.25, 0.3) is 0 Å². The Morgan fingerprint density at radius 2 is 2.20 bits per heavy atom. The SMILES string of the molecule is Cc1cc(C(O)C(CN)c2c(F)cccc2Cl)sc1Br. The van der Waals surface area contributed by atoms with Crippen LogP contribution in [-0.4, -0.2) is 11.7 Å². The number of aliphatic hydroxyl groups excluding tert-OH is 1. The predicted octanol–water partition coefficient (Wildman–Crippen LogP) is 4.39. The van der Waals surface area contributed by atoms with E-state index in [1.54, 1.807) is 6.07 Å². The summed E-state index contributed by atoms with van der Waals surface area (Å²) in [5.74, 6) is -1.02. The van der Waals surface area contributed by atoms with Crippen molar-refractivity contribution in [2.75, 3.05) is 6.54 Å². The Morgan fingerprint density at radius 3 is 2.70 bits per heavy atom. The van der Waals surface area contributed by atoms with Crippen molar-refractivity contribution in [1.82, 2.24) is 0 Å². The molecule has 0 fully saturated rings. The highest BCUT2D eigenvalue weighted by Crippen LogP contribution is 2.40. The molecule has 0 saturated carbocycles. The van der Waals surface area contributed by atoms with E-state index in [1.165, 1.54) is 23.5 Å². The van der Waals surface area contributed by atoms with Crippen LogP contribution in [0.15, 0.2) is 28.1 Å². The number of aliphatic hydroxyl groups is 1. The normalized spacial score (nSPS) is 14.3. The molecule has 1 heterocycles. The number of benzene rings is 1. The largest absolute Gasteiger partial charge is 0.387 e. The molecular weight excluding hydrogens is 365 g/mol. The van der Waals surface area contributed by atoms with Gasteiger partial charge in [0, 0.05) is 27.9 Å². The van der Waals surface area contributed by atoms with Crippen LogP contribution >= 0.6 is 38.9 Å². The number of rotatable bonds is 4. The average molecular weight is 379 g/mol. The number of aryl methyl sites for hydroxylation is 1. The number of nitrogens with two attached hydrogens (primary N) is 1. The summed E-state index contributed by atoms with van der Waals surface area (Å²) in [6, 6.07) is 6.33. The van der Waals surface area contributed by atoms with Crippen LogP contribution in [0.1, 0.15) is 28.0 Å². The Morgan fingerprint density at radius 1 is 1.50 bits per heavy atom. The minimum absolute atomic E-state index is 0.108. The van der Waals surface area contributed by atoms with E-state index in [9.17, 15) is 9.50 Å². The van der Waals surface area contributed by atoms with Gasteiger partial charge in [-0.25, -0.2) is 4.39 Å². The molecule has 0 spiro atoms. The van der Waals surface area contributed by atoms with Crippen molar-refractivity contribution in [2.45, 2.75) is 18.9 Å². The standard InChI is InChI=1S/C14H14BrClFNOS/c1-7-5-11(20-14(7)15)13(19)8(6-18)12-9(16)3-2-4-10(12)17/h2-5,8,13,19H,6,18H2,1H3. The maximum Gasteiger partial charge on any atom is 0.128 e. The summed E-state index contributed by atoms with van der Waals surface area (Å²) in [7, 11) is 0. The van der Waals surface area contributed by atoms with E-state index in [2.05, 4.69) is 15.9 Å². The summed E-state index contributed by atoms with van der Waals surface area (Å²) < 4.78 is 14.9. The lowest BCUT2D eigenvalue weighted by molar-refractivity contribution is 0.149. The van der Waals surface area contributed by atoms with Crippen molar-refractivity contribution < 1.29 is 9.50 Å². The molecule has 0 aliphatic heterocycles. The average Bonchev–Trinajstić information content (AvgIpc) is 2.73. The Hall–Kier alpha value is -0.460. The fourth-order valence-electron chi connectivity index (χ4n) is 2.10. The van der Waals surface area contributed by atoms with E-state index in [4.69, 9.17) is 17.3 Å². The summed E-state index contributed by atoms with van der Waals surface area (Å²) in [5, 5.41) is 10.8. The zero-order valence-corrected chi connectivity index (χ0v) is 13.9. The molecule has 0 radical (unpaired) electrons. The van der Waals surface area contributed by atoms with E-state index in [0.717, 1.165) is 14.2 Å². The summed E-state index contributed by atoms with van der Waals surface area (Å²) >= 11 is 10.9. The Bertz CT molecular complexity index is 579. The fourth-order valence-corrected chi connectivity index (χ4v) is 4.02. The van der Waals surface area contributed by atoms with Crippen LogP contribution in [-0.2, 0) is 0 Å². The summed E-state index contributed by atoms with van der Waals surface area (Å²) in [6.45, 7) is 2.04. The topological polar surface area (TPSA) is 46.2 Å². The van der Waals surface area contributed by atoms with Crippen molar-refractivity contribution in [3.63, 3.8) is 0 Å². The lowest BCUT2D eigenvalue weighted by Crippen LogP contribution is -2.21. The Balaban J connectivity index is 2.42. The molecule has 0 amide bonds. The minimum atomic E-state index is -0.885. The van der Waals surface area contributed by atoms with Crippen LogP contribution in [0, 0.1) is 12.7 Å². The smallest absolute Gasteiger partial charge is 0.128 e. The highest BCUT2D eigenvalue weighted by atomic mass is 79.9. The molecule has 2 atom stereocenters. The first-order valence-corrected chi connectivity index (χ1v) is 8.02. The number of hydrogen-bond acceptors (Lipinski definition) is 3. The maximum atomic E-state index is 14.0. The van der Waals surface area contributed by atoms with Gasteiger partial charge in [-0.2, -0.15) is 0 Å². The first kappa shape index (κ1) is 15.9. The first-order valence-electron chi connectivity index (χ1n) is 6.03. The molecule has 20 heavy (non-hydrogen) atoms. The van der Waals surface area contributed by atoms with Gasteiger partial charge in [-0.05, 0) is 46.6 Å². The lowest BCUT2D eigenvalue weighted by atomic mass is 9.92. The summed E-state index contributed by atoms with van der Waals surface area (Å²) in [4.78, 5) is 0.740. The van der Waals surface area contributed by atoms with Crippen molar-refractivity contribution in [1.29, 1.82) is 0 Å². The quantitative estimate of drug-likeness (QED) is 0.829. The molecule has 0 bridgehead atoms. The number of halogens is 3. The maximum absolute atomic E-state index is 14.0. The minimum Gasteiger partial charge on any atom is -0.387 e. The van der Waals surface area contributed by atoms with E-state index in [-0.39, 0.29) is 17.1 Å². The molecule has 6 heteroatoms. The molecule has 2 rings (SSSR count). The molecule has 2 aromatic rings. The zero-order chi connectivity index (χ0) is 14.9. The molecule has 108 valence electrons. The van der Waals surface area contributed by atoms with Crippen molar-refractivity contribution in [3.05, 3.63) is 54.9 Å². The van der Waals surface area contributed by atoms with Gasteiger partial charge < -0.3 is 10.8 Å². The number of thiophene rings is 1. The number of hydrogen-bond donors (Lipinski definition) is 2. The molecule has 0 aliphatic rings. The van der Waals surface area contributed by atoms with Gasteiger partial charge in [0.25, 0.3) is 0 Å². The predicted molar refractivity (Wildman–Crippen MR) is 84.9 cm³/mol. The molecule has 2 unspecified atom stereocenters. The van der Waals surface area contributed by atoms with Gasteiger partial charge >= 0.3 is 0 Å². The van der Waals surface area contributed by atoms with E-state index in [1.807, 2.05) is 13.0 Å². The van der Waals surface area contributed by atoms with Gasteiger partial charge in [-0.3, -0.25) is 0 Å². The second-order valence-corrected chi connectivity index (χ2v) is 7.34. The lowest BCUT2D eigenvalue weighted by Gasteiger charge is -2.22. The zero-order valence-electron chi connectivity index (χ0n) is 10.7. The Labute approximate surface area is 134 Å². The van der Waals surface area contributed by atoms with Gasteiger partial charge in [0.05, 0.1) is 9.89 Å². The second-order valence-electron chi connectivity index (χ2n) is 4.53. The van der Waals surface area contributed by atoms with E-state index < -0.39 is 17.8 Å². The summed E-state index contributed by atoms with van der Waals surface area (Å²) in [6.07, 6.45) is -0.885. The van der Waals surface area contributed by atoms with E-state index in [0.29, 0.717) is 0 Å². The fraction of sp³-hybridized carbons (Fsp3) is 0.286. The third-order valence-electron chi connectivity index (χ3n) is 3.17. The van der Waals surface area contributed by atoms with Gasteiger partial charge in [-0.1, -0.05) is 17.7 Å². The second kappa shape index (κ2) is 6.54. The van der Waals surface area contributed by atoms with Crippen LogP contribution < -0.4 is 5.73 Å². The molecule has 3 N–H and O–H groups in total. The van der Waals surface area contributed by atoms with E-state index >= 15 is 0 Å². The van der Waals surface area contributed by atoms with Crippen LogP contribution in [0.5, 0.6) is 0 Å².